The number of nitrogens with zero attached hydrogens (tertiary/aromatic N) is 1. The zero-order valence-corrected chi connectivity index (χ0v) is 14.1. The van der Waals surface area contributed by atoms with Crippen LogP contribution in [0.25, 0.3) is 0 Å². The average molecular weight is 343 g/mol. The lowest BCUT2D eigenvalue weighted by molar-refractivity contribution is -0.144. The SMILES string of the molecule is C=C1Nc2nc(SC)[nH]c(=O)c2C(c2ccccc2)C1C(=O)OC. The van der Waals surface area contributed by atoms with Gasteiger partial charge in [0.1, 0.15) is 11.7 Å². The molecule has 0 bridgehead atoms. The van der Waals surface area contributed by atoms with E-state index in [1.54, 1.807) is 0 Å². The smallest absolute Gasteiger partial charge is 0.315 e. The maximum atomic E-state index is 12.7. The molecule has 124 valence electrons. The molecule has 0 radical (unpaired) electrons. The van der Waals surface area contributed by atoms with Gasteiger partial charge in [-0.05, 0) is 11.8 Å². The second kappa shape index (κ2) is 6.52. The molecule has 0 spiro atoms. The summed E-state index contributed by atoms with van der Waals surface area (Å²) in [6, 6.07) is 9.38. The summed E-state index contributed by atoms with van der Waals surface area (Å²) in [6.07, 6.45) is 1.83. The number of rotatable bonds is 3. The molecule has 1 aromatic carbocycles. The van der Waals surface area contributed by atoms with E-state index in [9.17, 15) is 9.59 Å². The van der Waals surface area contributed by atoms with Crippen molar-refractivity contribution in [3.8, 4) is 0 Å². The Balaban J connectivity index is 2.26. The number of carbonyl (C=O) groups excluding carboxylic acids is 1. The van der Waals surface area contributed by atoms with Gasteiger partial charge in [0.25, 0.3) is 5.56 Å². The number of thioether (sulfide) groups is 1. The highest BCUT2D eigenvalue weighted by Crippen LogP contribution is 2.42. The lowest BCUT2D eigenvalue weighted by Crippen LogP contribution is -2.37. The van der Waals surface area contributed by atoms with E-state index in [0.717, 1.165) is 5.56 Å². The number of aromatic amines is 1. The lowest BCUT2D eigenvalue weighted by atomic mass is 9.77. The van der Waals surface area contributed by atoms with Crippen molar-refractivity contribution in [3.63, 3.8) is 0 Å². The van der Waals surface area contributed by atoms with E-state index < -0.39 is 17.8 Å². The Kier molecular flexibility index (Phi) is 4.44. The van der Waals surface area contributed by atoms with Crippen LogP contribution in [0.5, 0.6) is 0 Å². The van der Waals surface area contributed by atoms with Gasteiger partial charge in [-0.15, -0.1) is 0 Å². The molecular formula is C17H17N3O3S. The Morgan fingerprint density at radius 3 is 2.67 bits per heavy atom. The Morgan fingerprint density at radius 1 is 1.33 bits per heavy atom. The van der Waals surface area contributed by atoms with Gasteiger partial charge in [-0.2, -0.15) is 0 Å². The molecule has 1 aliphatic rings. The third-order valence-electron chi connectivity index (χ3n) is 4.04. The first-order valence-electron chi connectivity index (χ1n) is 7.33. The topological polar surface area (TPSA) is 84.1 Å². The fourth-order valence-electron chi connectivity index (χ4n) is 2.96. The minimum atomic E-state index is -0.701. The summed E-state index contributed by atoms with van der Waals surface area (Å²) in [7, 11) is 1.33. The molecule has 2 heterocycles. The number of anilines is 1. The molecule has 2 aromatic rings. The Bertz CT molecular complexity index is 848. The number of aromatic nitrogens is 2. The molecule has 2 atom stereocenters. The molecule has 1 aliphatic heterocycles. The first-order valence-corrected chi connectivity index (χ1v) is 8.56. The molecule has 1 aromatic heterocycles. The highest BCUT2D eigenvalue weighted by molar-refractivity contribution is 7.98. The highest BCUT2D eigenvalue weighted by Gasteiger charge is 2.41. The molecule has 2 unspecified atom stereocenters. The second-order valence-electron chi connectivity index (χ2n) is 5.38. The maximum Gasteiger partial charge on any atom is 0.315 e. The molecule has 0 aliphatic carbocycles. The molecule has 6 nitrogen and oxygen atoms in total. The Labute approximate surface area is 143 Å². The number of hydrogen-bond acceptors (Lipinski definition) is 6. The Morgan fingerprint density at radius 2 is 2.04 bits per heavy atom. The van der Waals surface area contributed by atoms with Crippen LogP contribution >= 0.6 is 11.8 Å². The zero-order chi connectivity index (χ0) is 17.3. The van der Waals surface area contributed by atoms with Crippen LogP contribution in [0.15, 0.2) is 52.6 Å². The normalized spacial score (nSPS) is 19.3. The fraction of sp³-hybridized carbons (Fsp3) is 0.235. The fourth-order valence-corrected chi connectivity index (χ4v) is 3.34. The molecule has 0 saturated carbocycles. The molecule has 0 amide bonds. The van der Waals surface area contributed by atoms with Crippen LogP contribution in [0.4, 0.5) is 5.82 Å². The average Bonchev–Trinajstić information content (AvgIpc) is 2.60. The van der Waals surface area contributed by atoms with Crippen molar-refractivity contribution < 1.29 is 9.53 Å². The third kappa shape index (κ3) is 2.71. The summed E-state index contributed by atoms with van der Waals surface area (Å²) in [5, 5.41) is 3.50. The third-order valence-corrected chi connectivity index (χ3v) is 4.62. The van der Waals surface area contributed by atoms with E-state index in [-0.39, 0.29) is 5.56 Å². The minimum absolute atomic E-state index is 0.271. The van der Waals surface area contributed by atoms with Gasteiger partial charge >= 0.3 is 5.97 Å². The standard InChI is InChI=1S/C17H17N3O3S/c1-9-11(16(22)23-2)12(10-7-5-4-6-8-10)13-14(18-9)19-17(24-3)20-15(13)21/h4-8,11-12H,1H2,2-3H3,(H2,18,19,20,21). The second-order valence-corrected chi connectivity index (χ2v) is 6.17. The van der Waals surface area contributed by atoms with E-state index in [0.29, 0.717) is 22.2 Å². The summed E-state index contributed by atoms with van der Waals surface area (Å²) in [6.45, 7) is 3.95. The number of methoxy groups -OCH3 is 1. The van der Waals surface area contributed by atoms with Crippen LogP contribution in [0.1, 0.15) is 17.0 Å². The summed E-state index contributed by atoms with van der Waals surface area (Å²) in [4.78, 5) is 32.2. The van der Waals surface area contributed by atoms with Crippen molar-refractivity contribution in [2.24, 2.45) is 5.92 Å². The Hall–Kier alpha value is -2.54. The van der Waals surface area contributed by atoms with Crippen LogP contribution in [-0.2, 0) is 9.53 Å². The van der Waals surface area contributed by atoms with Crippen LogP contribution in [0.2, 0.25) is 0 Å². The number of esters is 1. The molecular weight excluding hydrogens is 326 g/mol. The van der Waals surface area contributed by atoms with Gasteiger partial charge in [0.05, 0.1) is 12.7 Å². The van der Waals surface area contributed by atoms with Crippen molar-refractivity contribution in [2.75, 3.05) is 18.7 Å². The van der Waals surface area contributed by atoms with Gasteiger partial charge in [-0.1, -0.05) is 48.7 Å². The van der Waals surface area contributed by atoms with Crippen LogP contribution in [-0.4, -0.2) is 29.3 Å². The van der Waals surface area contributed by atoms with Crippen LogP contribution < -0.4 is 10.9 Å². The van der Waals surface area contributed by atoms with E-state index in [1.165, 1.54) is 18.9 Å². The number of ether oxygens (including phenoxy) is 1. The lowest BCUT2D eigenvalue weighted by Gasteiger charge is -2.33. The number of carbonyl (C=O) groups is 1. The number of fused-ring (bicyclic) bond motifs is 1. The predicted octanol–water partition coefficient (Wildman–Crippen LogP) is 2.35. The van der Waals surface area contributed by atoms with Crippen molar-refractivity contribution in [3.05, 3.63) is 64.1 Å². The number of benzene rings is 1. The number of nitrogens with one attached hydrogen (secondary N) is 2. The molecule has 0 saturated heterocycles. The van der Waals surface area contributed by atoms with Gasteiger partial charge in [0, 0.05) is 11.6 Å². The quantitative estimate of drug-likeness (QED) is 0.506. The monoisotopic (exact) mass is 343 g/mol. The van der Waals surface area contributed by atoms with Gasteiger partial charge < -0.3 is 15.0 Å². The van der Waals surface area contributed by atoms with Gasteiger partial charge in [0.15, 0.2) is 5.16 Å². The van der Waals surface area contributed by atoms with Crippen molar-refractivity contribution >= 4 is 23.5 Å². The summed E-state index contributed by atoms with van der Waals surface area (Å²) in [5.41, 5.74) is 1.45. The van der Waals surface area contributed by atoms with Crippen LogP contribution in [0, 0.1) is 5.92 Å². The predicted molar refractivity (Wildman–Crippen MR) is 93.2 cm³/mol. The van der Waals surface area contributed by atoms with Gasteiger partial charge in [0.2, 0.25) is 0 Å². The van der Waals surface area contributed by atoms with E-state index >= 15 is 0 Å². The van der Waals surface area contributed by atoms with Crippen molar-refractivity contribution in [2.45, 2.75) is 11.1 Å². The van der Waals surface area contributed by atoms with E-state index in [2.05, 4.69) is 21.9 Å². The largest absolute Gasteiger partial charge is 0.468 e. The van der Waals surface area contributed by atoms with Gasteiger partial charge in [-0.3, -0.25) is 9.59 Å². The summed E-state index contributed by atoms with van der Waals surface area (Å²) >= 11 is 1.34. The molecule has 24 heavy (non-hydrogen) atoms. The van der Waals surface area contributed by atoms with Gasteiger partial charge in [-0.25, -0.2) is 4.98 Å². The molecule has 0 fully saturated rings. The van der Waals surface area contributed by atoms with Crippen molar-refractivity contribution in [1.29, 1.82) is 0 Å². The van der Waals surface area contributed by atoms with Crippen LogP contribution in [0.3, 0.4) is 0 Å². The maximum absolute atomic E-state index is 12.7. The van der Waals surface area contributed by atoms with E-state index in [4.69, 9.17) is 4.74 Å². The highest BCUT2D eigenvalue weighted by atomic mass is 32.2. The summed E-state index contributed by atoms with van der Waals surface area (Å²) in [5.74, 6) is -1.22. The number of hydrogen-bond donors (Lipinski definition) is 2. The molecule has 2 N–H and O–H groups in total. The first kappa shape index (κ1) is 16.3. The number of H-pyrrole nitrogens is 1. The molecule has 3 rings (SSSR count). The summed E-state index contributed by atoms with van der Waals surface area (Å²) < 4.78 is 4.94. The van der Waals surface area contributed by atoms with Crippen molar-refractivity contribution in [1.82, 2.24) is 9.97 Å². The zero-order valence-electron chi connectivity index (χ0n) is 13.3. The first-order chi connectivity index (χ1) is 11.6. The minimum Gasteiger partial charge on any atom is -0.468 e. The van der Waals surface area contributed by atoms with E-state index in [1.807, 2.05) is 36.6 Å². The molecule has 7 heteroatoms.